The van der Waals surface area contributed by atoms with Gasteiger partial charge in [0.15, 0.2) is 0 Å². The highest BCUT2D eigenvalue weighted by molar-refractivity contribution is 5.50. The topological polar surface area (TPSA) is 27.0 Å². The van der Waals surface area contributed by atoms with Crippen molar-refractivity contribution in [2.24, 2.45) is 5.92 Å². The minimum absolute atomic E-state index is 0.0350. The molecule has 1 aliphatic heterocycles. The van der Waals surface area contributed by atoms with Crippen LogP contribution in [0.4, 0.5) is 5.69 Å². The third-order valence-electron chi connectivity index (χ3n) is 4.37. The molecule has 1 saturated heterocycles. The summed E-state index contributed by atoms with van der Waals surface area (Å²) in [4.78, 5) is 2.38. The fourth-order valence-electron chi connectivity index (χ4n) is 3.42. The summed E-state index contributed by atoms with van der Waals surface area (Å²) in [5, 5.41) is 9.54. The number of nitrogens with zero attached hydrogens (tertiary/aromatic N) is 2. The molecule has 0 unspecified atom stereocenters. The Morgan fingerprint density at radius 1 is 1.20 bits per heavy atom. The maximum Gasteiger partial charge on any atom is 0.117 e. The van der Waals surface area contributed by atoms with Gasteiger partial charge in [-0.25, -0.2) is 0 Å². The molecule has 20 heavy (non-hydrogen) atoms. The first-order valence-electron chi connectivity index (χ1n) is 7.99. The second-order valence-electron chi connectivity index (χ2n) is 6.11. The monoisotopic (exact) mass is 270 g/mol. The summed E-state index contributed by atoms with van der Waals surface area (Å²) < 4.78 is 0. The maximum absolute atomic E-state index is 9.54. The lowest BCUT2D eigenvalue weighted by Crippen LogP contribution is -2.48. The lowest BCUT2D eigenvalue weighted by Gasteiger charge is -2.43. The number of para-hydroxylation sites is 1. The average Bonchev–Trinajstić information content (AvgIpc) is 2.47. The highest BCUT2D eigenvalue weighted by Gasteiger charge is 2.33. The van der Waals surface area contributed by atoms with E-state index in [1.165, 1.54) is 37.8 Å². The lowest BCUT2D eigenvalue weighted by atomic mass is 9.85. The molecular formula is C18H26N2. The fourth-order valence-corrected chi connectivity index (χ4v) is 3.42. The first-order chi connectivity index (χ1) is 9.76. The van der Waals surface area contributed by atoms with Crippen molar-refractivity contribution in [1.29, 1.82) is 5.26 Å². The Labute approximate surface area is 123 Å². The van der Waals surface area contributed by atoms with E-state index < -0.39 is 0 Å². The van der Waals surface area contributed by atoms with E-state index in [1.54, 1.807) is 0 Å². The van der Waals surface area contributed by atoms with Crippen LogP contribution in [0.5, 0.6) is 0 Å². The molecule has 0 spiro atoms. The molecule has 1 fully saturated rings. The maximum atomic E-state index is 9.54. The molecule has 0 saturated carbocycles. The molecule has 3 atom stereocenters. The molecule has 1 heterocycles. The molecule has 0 aliphatic carbocycles. The zero-order valence-corrected chi connectivity index (χ0v) is 12.8. The van der Waals surface area contributed by atoms with Crippen molar-refractivity contribution in [1.82, 2.24) is 0 Å². The van der Waals surface area contributed by atoms with Crippen LogP contribution in [0, 0.1) is 17.2 Å². The Bertz CT molecular complexity index is 434. The zero-order chi connectivity index (χ0) is 14.4. The van der Waals surface area contributed by atoms with E-state index in [0.29, 0.717) is 12.0 Å². The van der Waals surface area contributed by atoms with Crippen LogP contribution < -0.4 is 4.90 Å². The molecule has 0 N–H and O–H groups in total. The van der Waals surface area contributed by atoms with Crippen molar-refractivity contribution in [3.8, 4) is 6.07 Å². The Kier molecular flexibility index (Phi) is 5.47. The quantitative estimate of drug-likeness (QED) is 0.721. The van der Waals surface area contributed by atoms with Gasteiger partial charge in [-0.3, -0.25) is 0 Å². The van der Waals surface area contributed by atoms with Crippen molar-refractivity contribution in [3.05, 3.63) is 30.3 Å². The predicted molar refractivity (Wildman–Crippen MR) is 84.7 cm³/mol. The first-order valence-corrected chi connectivity index (χ1v) is 7.99. The zero-order valence-electron chi connectivity index (χ0n) is 12.8. The van der Waals surface area contributed by atoms with Gasteiger partial charge in [0.2, 0.25) is 0 Å². The van der Waals surface area contributed by atoms with E-state index in [9.17, 15) is 5.26 Å². The summed E-state index contributed by atoms with van der Waals surface area (Å²) >= 11 is 0. The summed E-state index contributed by atoms with van der Waals surface area (Å²) in [5.41, 5.74) is 1.22. The molecule has 108 valence electrons. The van der Waals surface area contributed by atoms with E-state index in [-0.39, 0.29) is 6.04 Å². The number of benzene rings is 1. The molecule has 0 aromatic heterocycles. The summed E-state index contributed by atoms with van der Waals surface area (Å²) in [6, 6.07) is 13.6. The Morgan fingerprint density at radius 2 is 1.95 bits per heavy atom. The molecule has 0 bridgehead atoms. The average molecular weight is 270 g/mol. The fraction of sp³-hybridized carbons (Fsp3) is 0.611. The van der Waals surface area contributed by atoms with Crippen LogP contribution in [0.1, 0.15) is 52.4 Å². The smallest absolute Gasteiger partial charge is 0.117 e. The molecule has 2 heteroatoms. The highest BCUT2D eigenvalue weighted by atomic mass is 15.2. The van der Waals surface area contributed by atoms with Crippen molar-refractivity contribution in [2.45, 2.75) is 64.5 Å². The number of anilines is 1. The van der Waals surface area contributed by atoms with Crippen molar-refractivity contribution in [3.63, 3.8) is 0 Å². The summed E-state index contributed by atoms with van der Waals surface area (Å²) in [6.07, 6.45) is 7.26. The van der Waals surface area contributed by atoms with Crippen LogP contribution in [0.2, 0.25) is 0 Å². The molecule has 2 nitrogen and oxygen atoms in total. The number of nitriles is 1. The molecular weight excluding hydrogens is 244 g/mol. The van der Waals surface area contributed by atoms with Crippen molar-refractivity contribution >= 4 is 5.69 Å². The van der Waals surface area contributed by atoms with Gasteiger partial charge in [-0.1, -0.05) is 51.3 Å². The number of hydrogen-bond acceptors (Lipinski definition) is 2. The molecule has 2 rings (SSSR count). The highest BCUT2D eigenvalue weighted by Crippen LogP contribution is 2.34. The van der Waals surface area contributed by atoms with E-state index in [1.807, 2.05) is 6.07 Å². The van der Waals surface area contributed by atoms with Crippen LogP contribution in [0.3, 0.4) is 0 Å². The summed E-state index contributed by atoms with van der Waals surface area (Å²) in [7, 11) is 0. The van der Waals surface area contributed by atoms with Gasteiger partial charge in [0.05, 0.1) is 6.07 Å². The second-order valence-corrected chi connectivity index (χ2v) is 6.11. The number of rotatable bonds is 5. The van der Waals surface area contributed by atoms with Crippen molar-refractivity contribution < 1.29 is 0 Å². The van der Waals surface area contributed by atoms with E-state index in [2.05, 4.69) is 49.1 Å². The standard InChI is InChI=1S/C18H26N2/c1-3-4-6-11-17-12-15(2)13-18(14-19)20(17)16-9-7-5-8-10-16/h5,7-10,15,17-18H,3-4,6,11-13H2,1-2H3/t15-,17+,18-/m0/s1. The summed E-state index contributed by atoms with van der Waals surface area (Å²) in [5.74, 6) is 0.659. The van der Waals surface area contributed by atoms with Gasteiger partial charge in [-0.05, 0) is 37.3 Å². The number of piperidine rings is 1. The van der Waals surface area contributed by atoms with Gasteiger partial charge < -0.3 is 4.90 Å². The van der Waals surface area contributed by atoms with Gasteiger partial charge in [0.25, 0.3) is 0 Å². The third kappa shape index (κ3) is 3.54. The lowest BCUT2D eigenvalue weighted by molar-refractivity contribution is 0.316. The molecule has 1 aromatic carbocycles. The van der Waals surface area contributed by atoms with Gasteiger partial charge >= 0.3 is 0 Å². The molecule has 0 radical (unpaired) electrons. The van der Waals surface area contributed by atoms with Crippen LogP contribution in [0.25, 0.3) is 0 Å². The van der Waals surface area contributed by atoms with Gasteiger partial charge in [0.1, 0.15) is 6.04 Å². The minimum atomic E-state index is 0.0350. The first kappa shape index (κ1) is 14.9. The normalized spacial score (nSPS) is 26.2. The van der Waals surface area contributed by atoms with Crippen molar-refractivity contribution in [2.75, 3.05) is 4.90 Å². The SMILES string of the molecule is CCCCC[C@@H]1C[C@H](C)C[C@@H](C#N)N1c1ccccc1. The van der Waals surface area contributed by atoms with Gasteiger partial charge in [0, 0.05) is 11.7 Å². The largest absolute Gasteiger partial charge is 0.353 e. The molecule has 1 aromatic rings. The van der Waals surface area contributed by atoms with Gasteiger partial charge in [-0.15, -0.1) is 0 Å². The van der Waals surface area contributed by atoms with E-state index >= 15 is 0 Å². The third-order valence-corrected chi connectivity index (χ3v) is 4.37. The van der Waals surface area contributed by atoms with Crippen LogP contribution in [0.15, 0.2) is 30.3 Å². The summed E-state index contributed by atoms with van der Waals surface area (Å²) in [6.45, 7) is 4.54. The molecule has 1 aliphatic rings. The second kappa shape index (κ2) is 7.33. The van der Waals surface area contributed by atoms with Crippen LogP contribution in [-0.4, -0.2) is 12.1 Å². The van der Waals surface area contributed by atoms with Gasteiger partial charge in [-0.2, -0.15) is 5.26 Å². The predicted octanol–water partition coefficient (Wildman–Crippen LogP) is 4.76. The Morgan fingerprint density at radius 3 is 2.60 bits per heavy atom. The van der Waals surface area contributed by atoms with Crippen LogP contribution >= 0.6 is 0 Å². The Hall–Kier alpha value is -1.49. The van der Waals surface area contributed by atoms with E-state index in [4.69, 9.17) is 0 Å². The molecule has 0 amide bonds. The minimum Gasteiger partial charge on any atom is -0.353 e. The van der Waals surface area contributed by atoms with Crippen LogP contribution in [-0.2, 0) is 0 Å². The number of unbranched alkanes of at least 4 members (excludes halogenated alkanes) is 2. The number of hydrogen-bond donors (Lipinski definition) is 0. The van der Waals surface area contributed by atoms with E-state index in [0.717, 1.165) is 6.42 Å². The Balaban J connectivity index is 2.18.